The van der Waals surface area contributed by atoms with Crippen molar-refractivity contribution in [2.75, 3.05) is 0 Å². The molecule has 2 nitrogen and oxygen atoms in total. The molecule has 1 aliphatic heterocycles. The van der Waals surface area contributed by atoms with Crippen molar-refractivity contribution in [1.29, 1.82) is 0 Å². The fourth-order valence-electron chi connectivity index (χ4n) is 1.07. The van der Waals surface area contributed by atoms with Gasteiger partial charge in [-0.2, -0.15) is 0 Å². The lowest BCUT2D eigenvalue weighted by molar-refractivity contribution is -0.137. The molecule has 1 fully saturated rings. The van der Waals surface area contributed by atoms with Crippen molar-refractivity contribution >= 4 is 5.97 Å². The predicted octanol–water partition coefficient (Wildman–Crippen LogP) is 1.43. The van der Waals surface area contributed by atoms with E-state index in [1.54, 1.807) is 0 Å². The Kier molecular flexibility index (Phi) is 1.62. The van der Waals surface area contributed by atoms with Crippen molar-refractivity contribution in [2.24, 2.45) is 0 Å². The highest BCUT2D eigenvalue weighted by Crippen LogP contribution is 2.24. The second-order valence-corrected chi connectivity index (χ2v) is 2.27. The van der Waals surface area contributed by atoms with E-state index in [-0.39, 0.29) is 12.1 Å². The molecule has 10 heavy (non-hydrogen) atoms. The third kappa shape index (κ3) is 0.856. The van der Waals surface area contributed by atoms with Gasteiger partial charge in [0.05, 0.1) is 5.57 Å². The van der Waals surface area contributed by atoms with Crippen LogP contribution < -0.4 is 0 Å². The summed E-state index contributed by atoms with van der Waals surface area (Å²) in [6, 6.07) is 0. The minimum absolute atomic E-state index is 0.106. The van der Waals surface area contributed by atoms with Gasteiger partial charge in [0.1, 0.15) is 6.10 Å². The Labute approximate surface area is 60.2 Å². The zero-order chi connectivity index (χ0) is 7.72. The van der Waals surface area contributed by atoms with E-state index >= 15 is 0 Å². The van der Waals surface area contributed by atoms with Gasteiger partial charge in [0.25, 0.3) is 0 Å². The highest BCUT2D eigenvalue weighted by atomic mass is 16.5. The van der Waals surface area contributed by atoms with Gasteiger partial charge in [-0.25, -0.2) is 4.79 Å². The molecule has 0 bridgehead atoms. The zero-order valence-corrected chi connectivity index (χ0v) is 6.18. The molecule has 0 amide bonds. The van der Waals surface area contributed by atoms with Crippen LogP contribution in [0.4, 0.5) is 0 Å². The van der Waals surface area contributed by atoms with Crippen LogP contribution in [-0.4, -0.2) is 12.1 Å². The van der Waals surface area contributed by atoms with Crippen molar-refractivity contribution in [3.05, 3.63) is 23.8 Å². The lowest BCUT2D eigenvalue weighted by Crippen LogP contribution is -2.00. The molecule has 54 valence electrons. The van der Waals surface area contributed by atoms with Crippen molar-refractivity contribution in [2.45, 2.75) is 20.0 Å². The number of ether oxygens (including phenoxy) is 1. The van der Waals surface area contributed by atoms with Crippen LogP contribution in [0.25, 0.3) is 0 Å². The van der Waals surface area contributed by atoms with Crippen LogP contribution in [-0.2, 0) is 9.53 Å². The molecular formula is C8H10O2. The third-order valence-corrected chi connectivity index (χ3v) is 1.63. The maximum atomic E-state index is 10.8. The second kappa shape index (κ2) is 2.29. The standard InChI is InChI=1S/C8H10O2/c1-4-7-5(2)8(9)10-6(7)3/h4,6H,2H2,1,3H3. The maximum absolute atomic E-state index is 10.8. The largest absolute Gasteiger partial charge is 0.454 e. The second-order valence-electron chi connectivity index (χ2n) is 2.27. The van der Waals surface area contributed by atoms with Crippen LogP contribution in [0.2, 0.25) is 0 Å². The molecule has 0 N–H and O–H groups in total. The Morgan fingerprint density at radius 1 is 1.70 bits per heavy atom. The van der Waals surface area contributed by atoms with Gasteiger partial charge in [-0.05, 0) is 13.8 Å². The summed E-state index contributed by atoms with van der Waals surface area (Å²) < 4.78 is 4.87. The van der Waals surface area contributed by atoms with E-state index in [9.17, 15) is 4.79 Å². The number of carbonyl (C=O) groups excluding carboxylic acids is 1. The Balaban J connectivity index is 2.96. The van der Waals surface area contributed by atoms with Crippen LogP contribution in [0, 0.1) is 0 Å². The van der Waals surface area contributed by atoms with Gasteiger partial charge in [-0.3, -0.25) is 0 Å². The van der Waals surface area contributed by atoms with Gasteiger partial charge < -0.3 is 4.74 Å². The Morgan fingerprint density at radius 2 is 2.30 bits per heavy atom. The molecule has 0 aromatic rings. The SMILES string of the molecule is C=C1C(=O)OC(C)C1=CC. The van der Waals surface area contributed by atoms with Crippen molar-refractivity contribution in [3.8, 4) is 0 Å². The van der Waals surface area contributed by atoms with Crippen molar-refractivity contribution in [1.82, 2.24) is 0 Å². The summed E-state index contributed by atoms with van der Waals surface area (Å²) in [6.07, 6.45) is 1.75. The molecule has 1 heterocycles. The minimum atomic E-state index is -0.291. The quantitative estimate of drug-likeness (QED) is 0.374. The molecule has 1 aliphatic rings. The van der Waals surface area contributed by atoms with E-state index in [0.29, 0.717) is 5.57 Å². The molecule has 1 saturated heterocycles. The summed E-state index contributed by atoms with van der Waals surface area (Å²) in [5.74, 6) is -0.291. The van der Waals surface area contributed by atoms with E-state index in [1.165, 1.54) is 0 Å². The van der Waals surface area contributed by atoms with Gasteiger partial charge in [0, 0.05) is 5.57 Å². The fraction of sp³-hybridized carbons (Fsp3) is 0.375. The first-order valence-corrected chi connectivity index (χ1v) is 3.23. The van der Waals surface area contributed by atoms with E-state index in [2.05, 4.69) is 6.58 Å². The molecule has 0 radical (unpaired) electrons. The predicted molar refractivity (Wildman–Crippen MR) is 38.5 cm³/mol. The van der Waals surface area contributed by atoms with Gasteiger partial charge in [-0.1, -0.05) is 12.7 Å². The average molecular weight is 138 g/mol. The summed E-state index contributed by atoms with van der Waals surface area (Å²) in [5.41, 5.74) is 1.40. The minimum Gasteiger partial charge on any atom is -0.454 e. The first-order chi connectivity index (χ1) is 4.66. The maximum Gasteiger partial charge on any atom is 0.338 e. The number of rotatable bonds is 0. The number of cyclic esters (lactones) is 1. The number of allylic oxidation sites excluding steroid dienone is 1. The van der Waals surface area contributed by atoms with Crippen molar-refractivity contribution < 1.29 is 9.53 Å². The molecule has 0 aromatic carbocycles. The average Bonchev–Trinajstić information content (AvgIpc) is 2.09. The number of esters is 1. The molecule has 2 heteroatoms. The zero-order valence-electron chi connectivity index (χ0n) is 6.18. The van der Waals surface area contributed by atoms with Gasteiger partial charge in [-0.15, -0.1) is 0 Å². The van der Waals surface area contributed by atoms with Crippen LogP contribution in [0.3, 0.4) is 0 Å². The van der Waals surface area contributed by atoms with Crippen molar-refractivity contribution in [3.63, 3.8) is 0 Å². The van der Waals surface area contributed by atoms with Gasteiger partial charge >= 0.3 is 5.97 Å². The first kappa shape index (κ1) is 7.06. The molecule has 0 aliphatic carbocycles. The molecule has 1 unspecified atom stereocenters. The van der Waals surface area contributed by atoms with Gasteiger partial charge in [0.15, 0.2) is 0 Å². The summed E-state index contributed by atoms with van der Waals surface area (Å²) in [5, 5.41) is 0. The molecule has 0 saturated carbocycles. The highest BCUT2D eigenvalue weighted by molar-refractivity contribution is 5.96. The van der Waals surface area contributed by atoms with E-state index < -0.39 is 0 Å². The van der Waals surface area contributed by atoms with E-state index in [0.717, 1.165) is 5.57 Å². The van der Waals surface area contributed by atoms with Crippen LogP contribution in [0.5, 0.6) is 0 Å². The number of carbonyl (C=O) groups is 1. The number of hydrogen-bond donors (Lipinski definition) is 0. The molecule has 0 spiro atoms. The molecule has 1 atom stereocenters. The Hall–Kier alpha value is -1.05. The first-order valence-electron chi connectivity index (χ1n) is 3.23. The lowest BCUT2D eigenvalue weighted by Gasteiger charge is -1.99. The third-order valence-electron chi connectivity index (χ3n) is 1.63. The fourth-order valence-corrected chi connectivity index (χ4v) is 1.07. The topological polar surface area (TPSA) is 26.3 Å². The molecular weight excluding hydrogens is 128 g/mol. The smallest absolute Gasteiger partial charge is 0.338 e. The van der Waals surface area contributed by atoms with E-state index in [1.807, 2.05) is 19.9 Å². The summed E-state index contributed by atoms with van der Waals surface area (Å²) in [6.45, 7) is 7.31. The molecule has 1 rings (SSSR count). The summed E-state index contributed by atoms with van der Waals surface area (Å²) >= 11 is 0. The number of hydrogen-bond acceptors (Lipinski definition) is 2. The Bertz CT molecular complexity index is 213. The Morgan fingerprint density at radius 3 is 2.50 bits per heavy atom. The summed E-state index contributed by atoms with van der Waals surface area (Å²) in [7, 11) is 0. The highest BCUT2D eigenvalue weighted by Gasteiger charge is 2.28. The molecule has 0 aromatic heterocycles. The van der Waals surface area contributed by atoms with Crippen LogP contribution in [0.15, 0.2) is 23.8 Å². The summed E-state index contributed by atoms with van der Waals surface area (Å²) in [4.78, 5) is 10.8. The van der Waals surface area contributed by atoms with Crippen LogP contribution >= 0.6 is 0 Å². The monoisotopic (exact) mass is 138 g/mol. The van der Waals surface area contributed by atoms with Gasteiger partial charge in [0.2, 0.25) is 0 Å². The van der Waals surface area contributed by atoms with Crippen LogP contribution in [0.1, 0.15) is 13.8 Å². The lowest BCUT2D eigenvalue weighted by atomic mass is 10.1. The van der Waals surface area contributed by atoms with E-state index in [4.69, 9.17) is 4.74 Å². The normalized spacial score (nSPS) is 29.4.